The predicted molar refractivity (Wildman–Crippen MR) is 126 cm³/mol. The Hall–Kier alpha value is -3.54. The maximum atomic E-state index is 12.8. The summed E-state index contributed by atoms with van der Waals surface area (Å²) in [5, 5.41) is 2.70. The van der Waals surface area contributed by atoms with Gasteiger partial charge in [-0.1, -0.05) is 63.2 Å². The summed E-state index contributed by atoms with van der Waals surface area (Å²) in [6.07, 6.45) is 1.48. The Labute approximate surface area is 194 Å². The third-order valence-electron chi connectivity index (χ3n) is 6.04. The zero-order valence-electron chi connectivity index (χ0n) is 19.8. The Morgan fingerprint density at radius 3 is 2.39 bits per heavy atom. The molecule has 3 aromatic rings. The van der Waals surface area contributed by atoms with E-state index >= 15 is 0 Å². The van der Waals surface area contributed by atoms with Crippen molar-refractivity contribution in [3.8, 4) is 5.75 Å². The van der Waals surface area contributed by atoms with E-state index in [2.05, 4.69) is 38.2 Å². The number of nitrogens with one attached hydrogen (secondary N) is 1. The van der Waals surface area contributed by atoms with Gasteiger partial charge in [0, 0.05) is 12.0 Å². The first-order valence-corrected chi connectivity index (χ1v) is 11.0. The number of methoxy groups -OCH3 is 2. The molecule has 174 valence electrons. The van der Waals surface area contributed by atoms with Crippen LogP contribution in [0.1, 0.15) is 66.2 Å². The lowest BCUT2D eigenvalue weighted by molar-refractivity contribution is -0.143. The molecule has 1 N–H and O–H groups in total. The van der Waals surface area contributed by atoms with Crippen molar-refractivity contribution in [2.45, 2.75) is 45.1 Å². The minimum Gasteiger partial charge on any atom is -0.496 e. The summed E-state index contributed by atoms with van der Waals surface area (Å²) in [5.74, 6) is 0.468. The topological polar surface area (TPSA) is 77.8 Å². The van der Waals surface area contributed by atoms with Crippen LogP contribution in [0, 0.1) is 0 Å². The van der Waals surface area contributed by atoms with Crippen LogP contribution < -0.4 is 10.1 Å². The van der Waals surface area contributed by atoms with Crippen molar-refractivity contribution in [1.29, 1.82) is 0 Å². The molecule has 33 heavy (non-hydrogen) atoms. The first-order chi connectivity index (χ1) is 15.8. The highest BCUT2D eigenvalue weighted by atomic mass is 16.5. The van der Waals surface area contributed by atoms with Gasteiger partial charge < -0.3 is 19.2 Å². The standard InChI is InChI=1S/C27H31NO5/c1-6-27(2,3)20-12-14-22(31-4)19(16-20)17-21-13-15-23(33-21)25(29)28-24(26(30)32-5)18-10-8-7-9-11-18/h7-16,24H,6,17H2,1-5H3,(H,28,29)/t24-/m1/s1. The van der Waals surface area contributed by atoms with E-state index in [9.17, 15) is 9.59 Å². The van der Waals surface area contributed by atoms with Crippen LogP contribution in [0.2, 0.25) is 0 Å². The molecule has 0 aliphatic rings. The van der Waals surface area contributed by atoms with E-state index in [0.717, 1.165) is 17.7 Å². The third-order valence-corrected chi connectivity index (χ3v) is 6.04. The second-order valence-corrected chi connectivity index (χ2v) is 8.55. The van der Waals surface area contributed by atoms with Crippen LogP contribution in [0.4, 0.5) is 0 Å². The minimum absolute atomic E-state index is 0.0373. The van der Waals surface area contributed by atoms with E-state index in [1.165, 1.54) is 12.7 Å². The van der Waals surface area contributed by atoms with Gasteiger partial charge in [-0.25, -0.2) is 4.79 Å². The second kappa shape index (κ2) is 10.4. The van der Waals surface area contributed by atoms with Crippen molar-refractivity contribution < 1.29 is 23.5 Å². The lowest BCUT2D eigenvalue weighted by Gasteiger charge is -2.24. The monoisotopic (exact) mass is 449 g/mol. The van der Waals surface area contributed by atoms with Gasteiger partial charge in [-0.3, -0.25) is 4.79 Å². The van der Waals surface area contributed by atoms with Crippen LogP contribution in [-0.2, 0) is 21.4 Å². The minimum atomic E-state index is -0.926. The molecule has 6 heteroatoms. The number of benzene rings is 2. The predicted octanol–water partition coefficient (Wildman–Crippen LogP) is 5.21. The van der Waals surface area contributed by atoms with Crippen LogP contribution >= 0.6 is 0 Å². The largest absolute Gasteiger partial charge is 0.496 e. The first-order valence-electron chi connectivity index (χ1n) is 11.0. The Morgan fingerprint density at radius 1 is 1.03 bits per heavy atom. The Morgan fingerprint density at radius 2 is 1.76 bits per heavy atom. The van der Waals surface area contributed by atoms with E-state index in [1.54, 1.807) is 43.5 Å². The molecule has 1 aromatic heterocycles. The Kier molecular flexibility index (Phi) is 7.59. The van der Waals surface area contributed by atoms with Gasteiger partial charge in [0.05, 0.1) is 14.2 Å². The van der Waals surface area contributed by atoms with Gasteiger partial charge in [-0.15, -0.1) is 0 Å². The zero-order chi connectivity index (χ0) is 24.0. The molecule has 3 rings (SSSR count). The summed E-state index contributed by atoms with van der Waals surface area (Å²) in [5.41, 5.74) is 2.86. The lowest BCUT2D eigenvalue weighted by atomic mass is 9.81. The van der Waals surface area contributed by atoms with Gasteiger partial charge in [-0.05, 0) is 41.2 Å². The highest BCUT2D eigenvalue weighted by molar-refractivity contribution is 5.94. The molecule has 1 amide bonds. The molecule has 0 aliphatic heterocycles. The smallest absolute Gasteiger partial charge is 0.333 e. The average molecular weight is 450 g/mol. The Balaban J connectivity index is 1.80. The number of ether oxygens (including phenoxy) is 2. The fraction of sp³-hybridized carbons (Fsp3) is 0.333. The molecule has 1 atom stereocenters. The number of hydrogen-bond acceptors (Lipinski definition) is 5. The van der Waals surface area contributed by atoms with E-state index < -0.39 is 17.9 Å². The molecule has 0 bridgehead atoms. The molecular weight excluding hydrogens is 418 g/mol. The maximum Gasteiger partial charge on any atom is 0.333 e. The molecule has 0 saturated carbocycles. The summed E-state index contributed by atoms with van der Waals surface area (Å²) in [6.45, 7) is 6.58. The van der Waals surface area contributed by atoms with Gasteiger partial charge in [0.25, 0.3) is 5.91 Å². The third kappa shape index (κ3) is 5.64. The highest BCUT2D eigenvalue weighted by Gasteiger charge is 2.25. The summed E-state index contributed by atoms with van der Waals surface area (Å²) in [6, 6.07) is 17.6. The summed E-state index contributed by atoms with van der Waals surface area (Å²) in [7, 11) is 2.93. The SMILES string of the molecule is CCC(C)(C)c1ccc(OC)c(Cc2ccc(C(=O)N[C@@H](C(=O)OC)c3ccccc3)o2)c1. The van der Waals surface area contributed by atoms with Crippen LogP contribution in [-0.4, -0.2) is 26.1 Å². The van der Waals surface area contributed by atoms with Crippen molar-refractivity contribution in [3.05, 3.63) is 88.9 Å². The van der Waals surface area contributed by atoms with E-state index in [0.29, 0.717) is 17.7 Å². The van der Waals surface area contributed by atoms with E-state index in [1.807, 2.05) is 12.1 Å². The van der Waals surface area contributed by atoms with Crippen LogP contribution in [0.5, 0.6) is 5.75 Å². The van der Waals surface area contributed by atoms with E-state index in [4.69, 9.17) is 13.9 Å². The van der Waals surface area contributed by atoms with Crippen LogP contribution in [0.15, 0.2) is 65.1 Å². The van der Waals surface area contributed by atoms with Gasteiger partial charge in [0.2, 0.25) is 0 Å². The molecule has 6 nitrogen and oxygen atoms in total. The fourth-order valence-corrected chi connectivity index (χ4v) is 3.57. The number of hydrogen-bond donors (Lipinski definition) is 1. The van der Waals surface area contributed by atoms with Gasteiger partial charge >= 0.3 is 5.97 Å². The molecule has 2 aromatic carbocycles. The van der Waals surface area contributed by atoms with Crippen LogP contribution in [0.3, 0.4) is 0 Å². The number of esters is 1. The number of amides is 1. The highest BCUT2D eigenvalue weighted by Crippen LogP contribution is 2.32. The summed E-state index contributed by atoms with van der Waals surface area (Å²) >= 11 is 0. The number of carbonyl (C=O) groups is 2. The average Bonchev–Trinajstić information content (AvgIpc) is 3.31. The fourth-order valence-electron chi connectivity index (χ4n) is 3.57. The van der Waals surface area contributed by atoms with Crippen molar-refractivity contribution in [2.24, 2.45) is 0 Å². The normalized spacial score (nSPS) is 12.2. The Bertz CT molecular complexity index is 1100. The zero-order valence-corrected chi connectivity index (χ0v) is 19.8. The van der Waals surface area contributed by atoms with Gasteiger partial charge in [0.1, 0.15) is 11.5 Å². The maximum absolute atomic E-state index is 12.8. The molecule has 0 unspecified atom stereocenters. The number of furan rings is 1. The van der Waals surface area contributed by atoms with Crippen molar-refractivity contribution in [2.75, 3.05) is 14.2 Å². The van der Waals surface area contributed by atoms with E-state index in [-0.39, 0.29) is 11.2 Å². The summed E-state index contributed by atoms with van der Waals surface area (Å²) < 4.78 is 16.2. The van der Waals surface area contributed by atoms with Crippen molar-refractivity contribution in [1.82, 2.24) is 5.32 Å². The number of rotatable bonds is 9. The van der Waals surface area contributed by atoms with Gasteiger partial charge in [0.15, 0.2) is 11.8 Å². The molecule has 0 fully saturated rings. The molecule has 0 radical (unpaired) electrons. The van der Waals surface area contributed by atoms with Crippen molar-refractivity contribution in [3.63, 3.8) is 0 Å². The first kappa shape index (κ1) is 24.1. The number of carbonyl (C=O) groups excluding carboxylic acids is 2. The quantitative estimate of drug-likeness (QED) is 0.454. The lowest BCUT2D eigenvalue weighted by Crippen LogP contribution is -2.34. The van der Waals surface area contributed by atoms with Gasteiger partial charge in [-0.2, -0.15) is 0 Å². The molecule has 0 saturated heterocycles. The molecule has 0 spiro atoms. The molecule has 1 heterocycles. The summed E-state index contributed by atoms with van der Waals surface area (Å²) in [4.78, 5) is 25.1. The van der Waals surface area contributed by atoms with Crippen LogP contribution in [0.25, 0.3) is 0 Å². The molecule has 0 aliphatic carbocycles. The van der Waals surface area contributed by atoms with Crippen molar-refractivity contribution >= 4 is 11.9 Å². The molecular formula is C27H31NO5. The second-order valence-electron chi connectivity index (χ2n) is 8.55.